The predicted molar refractivity (Wildman–Crippen MR) is 71.3 cm³/mol. The Hall–Kier alpha value is -0.610. The molecule has 4 fully saturated rings. The number of carbonyl (C=O) groups excluding carboxylic acids is 1. The van der Waals surface area contributed by atoms with Gasteiger partial charge in [0.1, 0.15) is 6.23 Å². The second-order valence-electron chi connectivity index (χ2n) is 6.88. The normalized spacial score (nSPS) is 46.7. The van der Waals surface area contributed by atoms with E-state index in [1.807, 2.05) is 0 Å². The van der Waals surface area contributed by atoms with Gasteiger partial charge in [-0.1, -0.05) is 6.42 Å². The fraction of sp³-hybridized carbons (Fsp3) is 0.933. The predicted octanol–water partition coefficient (Wildman–Crippen LogP) is 1.19. The Balaban J connectivity index is 1.64. The van der Waals surface area contributed by atoms with Crippen LogP contribution in [0.25, 0.3) is 0 Å². The summed E-state index contributed by atoms with van der Waals surface area (Å²) < 4.78 is 0. The number of nitrogens with zero attached hydrogens (tertiary/aromatic N) is 2. The largest absolute Gasteiger partial charge is 0.378 e. The zero-order valence-electron chi connectivity index (χ0n) is 11.5. The zero-order valence-corrected chi connectivity index (χ0v) is 11.5. The van der Waals surface area contributed by atoms with Crippen molar-refractivity contribution in [2.24, 2.45) is 11.8 Å². The van der Waals surface area contributed by atoms with E-state index in [1.54, 1.807) is 0 Å². The van der Waals surface area contributed by atoms with E-state index in [4.69, 9.17) is 0 Å². The fourth-order valence-corrected chi connectivity index (χ4v) is 5.12. The fourth-order valence-electron chi connectivity index (χ4n) is 5.12. The molecule has 0 aromatic heterocycles. The number of amides is 1. The highest BCUT2D eigenvalue weighted by Crippen LogP contribution is 2.45. The average Bonchev–Trinajstić information content (AvgIpc) is 2.45. The lowest BCUT2D eigenvalue weighted by molar-refractivity contribution is -0.185. The summed E-state index contributed by atoms with van der Waals surface area (Å²) in [5.74, 6) is 1.24. The van der Waals surface area contributed by atoms with Gasteiger partial charge in [-0.2, -0.15) is 0 Å². The molecule has 4 rings (SSSR count). The van der Waals surface area contributed by atoms with Crippen LogP contribution in [0.3, 0.4) is 0 Å². The molecule has 0 aliphatic carbocycles. The molecule has 0 spiro atoms. The van der Waals surface area contributed by atoms with E-state index >= 15 is 0 Å². The van der Waals surface area contributed by atoms with Gasteiger partial charge in [-0.25, -0.2) is 0 Å². The van der Waals surface area contributed by atoms with E-state index in [-0.39, 0.29) is 6.23 Å². The van der Waals surface area contributed by atoms with Crippen LogP contribution in [0.1, 0.15) is 44.9 Å². The minimum atomic E-state index is -0.305. The molecule has 0 radical (unpaired) electrons. The molecule has 5 atom stereocenters. The van der Waals surface area contributed by atoms with Crippen molar-refractivity contribution in [2.75, 3.05) is 13.1 Å². The number of carbonyl (C=O) groups is 1. The average molecular weight is 264 g/mol. The van der Waals surface area contributed by atoms with Crippen LogP contribution in [0, 0.1) is 11.8 Å². The van der Waals surface area contributed by atoms with Gasteiger partial charge in [-0.05, 0) is 38.0 Å². The Labute approximate surface area is 114 Å². The van der Waals surface area contributed by atoms with E-state index in [1.165, 1.54) is 19.3 Å². The third kappa shape index (κ3) is 1.76. The molecule has 4 aliphatic rings. The van der Waals surface area contributed by atoms with Gasteiger partial charge in [0.2, 0.25) is 5.91 Å². The summed E-state index contributed by atoms with van der Waals surface area (Å²) in [6.07, 6.45) is 7.38. The number of fused-ring (bicyclic) bond motifs is 6. The molecular formula is C15H24N2O2. The summed E-state index contributed by atoms with van der Waals surface area (Å²) >= 11 is 0. The summed E-state index contributed by atoms with van der Waals surface area (Å²) in [6, 6.07) is 0.839. The molecule has 4 saturated heterocycles. The van der Waals surface area contributed by atoms with Crippen LogP contribution in [0.4, 0.5) is 0 Å². The highest BCUT2D eigenvalue weighted by Gasteiger charge is 2.52. The van der Waals surface area contributed by atoms with Crippen molar-refractivity contribution in [3.05, 3.63) is 0 Å². The van der Waals surface area contributed by atoms with Gasteiger partial charge < -0.3 is 10.0 Å². The van der Waals surface area contributed by atoms with Gasteiger partial charge in [0.25, 0.3) is 0 Å². The minimum absolute atomic E-state index is 0.303. The molecule has 4 nitrogen and oxygen atoms in total. The molecule has 4 heteroatoms. The van der Waals surface area contributed by atoms with E-state index in [0.29, 0.717) is 29.8 Å². The Bertz CT molecular complexity index is 386. The van der Waals surface area contributed by atoms with Crippen LogP contribution in [0.2, 0.25) is 0 Å². The van der Waals surface area contributed by atoms with Gasteiger partial charge in [-0.15, -0.1) is 0 Å². The van der Waals surface area contributed by atoms with E-state index in [9.17, 15) is 9.90 Å². The third-order valence-electron chi connectivity index (χ3n) is 5.97. The first kappa shape index (κ1) is 12.2. The first-order valence-electron chi connectivity index (χ1n) is 7.99. The lowest BCUT2D eigenvalue weighted by Crippen LogP contribution is -2.68. The molecule has 0 saturated carbocycles. The topological polar surface area (TPSA) is 43.8 Å². The van der Waals surface area contributed by atoms with Crippen molar-refractivity contribution < 1.29 is 9.90 Å². The smallest absolute Gasteiger partial charge is 0.222 e. The van der Waals surface area contributed by atoms with Crippen molar-refractivity contribution in [3.63, 3.8) is 0 Å². The number of aliphatic hydroxyl groups is 1. The van der Waals surface area contributed by atoms with E-state index in [0.717, 1.165) is 38.8 Å². The number of rotatable bonds is 0. The molecule has 1 N–H and O–H groups in total. The van der Waals surface area contributed by atoms with Crippen LogP contribution in [0.5, 0.6) is 0 Å². The minimum Gasteiger partial charge on any atom is -0.378 e. The Morgan fingerprint density at radius 1 is 1.11 bits per heavy atom. The highest BCUT2D eigenvalue weighted by molar-refractivity contribution is 5.77. The molecule has 1 amide bonds. The van der Waals surface area contributed by atoms with Crippen LogP contribution >= 0.6 is 0 Å². The van der Waals surface area contributed by atoms with Crippen LogP contribution in [0.15, 0.2) is 0 Å². The molecule has 0 aromatic rings. The van der Waals surface area contributed by atoms with Gasteiger partial charge in [0.05, 0.1) is 0 Å². The number of hydrogen-bond donors (Lipinski definition) is 1. The first-order valence-corrected chi connectivity index (χ1v) is 7.99. The van der Waals surface area contributed by atoms with E-state index < -0.39 is 0 Å². The van der Waals surface area contributed by atoms with Gasteiger partial charge in [-0.3, -0.25) is 9.69 Å². The maximum Gasteiger partial charge on any atom is 0.222 e. The lowest BCUT2D eigenvalue weighted by Gasteiger charge is -2.58. The second kappa shape index (κ2) is 4.45. The van der Waals surface area contributed by atoms with Crippen molar-refractivity contribution in [1.82, 2.24) is 9.80 Å². The summed E-state index contributed by atoms with van der Waals surface area (Å²) in [5.41, 5.74) is 0. The van der Waals surface area contributed by atoms with E-state index in [2.05, 4.69) is 9.80 Å². The highest BCUT2D eigenvalue weighted by atomic mass is 16.3. The summed E-state index contributed by atoms with van der Waals surface area (Å²) in [7, 11) is 0. The molecular weight excluding hydrogens is 240 g/mol. The molecule has 106 valence electrons. The van der Waals surface area contributed by atoms with Crippen molar-refractivity contribution in [2.45, 2.75) is 63.3 Å². The Morgan fingerprint density at radius 2 is 1.95 bits per heavy atom. The molecule has 19 heavy (non-hydrogen) atoms. The number of aliphatic hydroxyl groups excluding tert-OH is 1. The Kier molecular flexibility index (Phi) is 2.85. The van der Waals surface area contributed by atoms with Crippen molar-refractivity contribution in [1.29, 1.82) is 0 Å². The van der Waals surface area contributed by atoms with Crippen molar-refractivity contribution >= 4 is 5.91 Å². The Morgan fingerprint density at radius 3 is 2.84 bits per heavy atom. The maximum absolute atomic E-state index is 12.2. The maximum atomic E-state index is 12.2. The summed E-state index contributed by atoms with van der Waals surface area (Å²) in [5, 5.41) is 10.7. The van der Waals surface area contributed by atoms with Crippen LogP contribution < -0.4 is 0 Å². The first-order chi connectivity index (χ1) is 9.25. The number of hydrogen-bond acceptors (Lipinski definition) is 3. The van der Waals surface area contributed by atoms with Crippen molar-refractivity contribution in [3.8, 4) is 0 Å². The third-order valence-corrected chi connectivity index (χ3v) is 5.97. The molecule has 0 aromatic carbocycles. The lowest BCUT2D eigenvalue weighted by atomic mass is 9.70. The summed E-state index contributed by atoms with van der Waals surface area (Å²) in [4.78, 5) is 16.6. The van der Waals surface area contributed by atoms with Gasteiger partial charge in [0, 0.05) is 37.5 Å². The SMILES string of the molecule is O=C1CCC[C@@H]2[C@@H]3C[C@@H](CN12)[C@@H]1CCCCN1C3O. The zero-order chi connectivity index (χ0) is 13.0. The van der Waals surface area contributed by atoms with Crippen LogP contribution in [-0.4, -0.2) is 52.2 Å². The molecule has 4 heterocycles. The quantitative estimate of drug-likeness (QED) is 0.715. The monoisotopic (exact) mass is 264 g/mol. The standard InChI is InChI=1S/C15H24N2O2/c18-14-6-3-5-13-11-8-10(9-17(13)14)12-4-1-2-7-16(12)15(11)19/h10-13,15,19H,1-9H2/t10-,11-,12-,13+,15?/m0/s1. The molecule has 4 aliphatic heterocycles. The second-order valence-corrected chi connectivity index (χ2v) is 6.88. The van der Waals surface area contributed by atoms with Crippen LogP contribution in [-0.2, 0) is 4.79 Å². The van der Waals surface area contributed by atoms with Gasteiger partial charge >= 0.3 is 0 Å². The summed E-state index contributed by atoms with van der Waals surface area (Å²) in [6.45, 7) is 2.01. The molecule has 2 bridgehead atoms. The number of piperidine rings is 4. The van der Waals surface area contributed by atoms with Gasteiger partial charge in [0.15, 0.2) is 0 Å². The molecule has 1 unspecified atom stereocenters.